The zero-order chi connectivity index (χ0) is 22.8. The summed E-state index contributed by atoms with van der Waals surface area (Å²) in [5, 5.41) is 4.58. The van der Waals surface area contributed by atoms with E-state index in [2.05, 4.69) is 23.1 Å². The number of hydrogen-bond acceptors (Lipinski definition) is 5. The molecule has 0 saturated carbocycles. The maximum atomic E-state index is 12.4. The largest absolute Gasteiger partial charge is 0.494 e. The molecule has 7 nitrogen and oxygen atoms in total. The fourth-order valence-corrected chi connectivity index (χ4v) is 2.98. The van der Waals surface area contributed by atoms with Crippen LogP contribution in [0.15, 0.2) is 66.7 Å². The molecule has 3 N–H and O–H groups in total. The number of carbonyl (C=O) groups is 2. The van der Waals surface area contributed by atoms with Crippen molar-refractivity contribution in [1.82, 2.24) is 16.2 Å². The van der Waals surface area contributed by atoms with Crippen LogP contribution in [0.1, 0.15) is 30.1 Å². The minimum absolute atomic E-state index is 0.0358. The molecule has 0 aliphatic carbocycles. The van der Waals surface area contributed by atoms with Crippen molar-refractivity contribution in [1.29, 1.82) is 0 Å². The van der Waals surface area contributed by atoms with Gasteiger partial charge in [0.2, 0.25) is 0 Å². The van der Waals surface area contributed by atoms with E-state index in [1.165, 1.54) is 0 Å². The minimum atomic E-state index is -0.443. The molecule has 0 bridgehead atoms. The van der Waals surface area contributed by atoms with E-state index in [1.807, 2.05) is 36.4 Å². The predicted octanol–water partition coefficient (Wildman–Crippen LogP) is 3.73. The molecule has 166 valence electrons. The number of nitrogens with one attached hydrogen (secondary N) is 3. The van der Waals surface area contributed by atoms with Gasteiger partial charge in [-0.15, -0.1) is 0 Å². The predicted molar refractivity (Wildman–Crippen MR) is 128 cm³/mol. The second kappa shape index (κ2) is 11.7. The van der Waals surface area contributed by atoms with Crippen molar-refractivity contribution >= 4 is 39.9 Å². The number of thiocarbonyl (C=S) groups is 1. The van der Waals surface area contributed by atoms with Crippen molar-refractivity contribution in [2.24, 2.45) is 0 Å². The first-order valence-electron chi connectivity index (χ1n) is 10.3. The summed E-state index contributed by atoms with van der Waals surface area (Å²) in [5.41, 5.74) is 5.29. The van der Waals surface area contributed by atoms with E-state index in [0.29, 0.717) is 23.7 Å². The first kappa shape index (κ1) is 23.0. The van der Waals surface area contributed by atoms with E-state index >= 15 is 0 Å². The van der Waals surface area contributed by atoms with E-state index in [-0.39, 0.29) is 11.7 Å². The molecular formula is C24H25N3O4S. The highest BCUT2D eigenvalue weighted by Crippen LogP contribution is 2.20. The average molecular weight is 452 g/mol. The number of unbranched alkanes of at least 4 members (excludes halogenated alkanes) is 1. The summed E-state index contributed by atoms with van der Waals surface area (Å²) in [6, 6.07) is 20.3. The number of carbonyl (C=O) groups excluding carboxylic acids is 2. The molecule has 0 heterocycles. The Bertz CT molecular complexity index is 1100. The summed E-state index contributed by atoms with van der Waals surface area (Å²) in [7, 11) is 0. The van der Waals surface area contributed by atoms with Gasteiger partial charge in [0.15, 0.2) is 11.7 Å². The fraction of sp³-hybridized carbons (Fsp3) is 0.208. The van der Waals surface area contributed by atoms with E-state index in [0.717, 1.165) is 23.6 Å². The number of hydrazine groups is 1. The lowest BCUT2D eigenvalue weighted by molar-refractivity contribution is -0.123. The Hall–Kier alpha value is -3.65. The van der Waals surface area contributed by atoms with Crippen LogP contribution in [0.4, 0.5) is 0 Å². The molecule has 0 fully saturated rings. The molecule has 0 atom stereocenters. The highest BCUT2D eigenvalue weighted by atomic mass is 32.1. The van der Waals surface area contributed by atoms with E-state index < -0.39 is 11.8 Å². The van der Waals surface area contributed by atoms with Crippen LogP contribution in [0.3, 0.4) is 0 Å². The SMILES string of the molecule is CCCCOc1cccc(C(=O)NC(=S)NNC(=O)COc2ccc3ccccc3c2)c1. The van der Waals surface area contributed by atoms with Crippen LogP contribution in [0.2, 0.25) is 0 Å². The monoisotopic (exact) mass is 451 g/mol. The topological polar surface area (TPSA) is 88.7 Å². The summed E-state index contributed by atoms with van der Waals surface area (Å²) < 4.78 is 11.1. The standard InChI is InChI=1S/C24H25N3O4S/c1-2-3-13-30-20-10-6-9-19(15-20)23(29)25-24(32)27-26-22(28)16-31-21-12-11-17-7-4-5-8-18(17)14-21/h4-12,14-15H,2-3,13,16H2,1H3,(H,26,28)(H2,25,27,29,32). The first-order valence-corrected chi connectivity index (χ1v) is 10.7. The molecule has 0 aliphatic rings. The molecule has 32 heavy (non-hydrogen) atoms. The third-order valence-corrected chi connectivity index (χ3v) is 4.70. The van der Waals surface area contributed by atoms with Gasteiger partial charge in [-0.25, -0.2) is 0 Å². The highest BCUT2D eigenvalue weighted by Gasteiger charge is 2.10. The van der Waals surface area contributed by atoms with Gasteiger partial charge in [-0.1, -0.05) is 49.7 Å². The summed E-state index contributed by atoms with van der Waals surface area (Å²) in [5.74, 6) is 0.339. The third kappa shape index (κ3) is 6.95. The molecule has 0 unspecified atom stereocenters. The van der Waals surface area contributed by atoms with Crippen molar-refractivity contribution in [3.05, 3.63) is 72.3 Å². The second-order valence-corrected chi connectivity index (χ2v) is 7.39. The van der Waals surface area contributed by atoms with Crippen molar-refractivity contribution in [3.63, 3.8) is 0 Å². The molecule has 0 aromatic heterocycles. The van der Waals surface area contributed by atoms with Gasteiger partial charge < -0.3 is 9.47 Å². The number of rotatable bonds is 8. The molecule has 3 rings (SSSR count). The molecule has 0 radical (unpaired) electrons. The number of benzene rings is 3. The summed E-state index contributed by atoms with van der Waals surface area (Å²) in [4.78, 5) is 24.4. The Kier molecular flexibility index (Phi) is 8.39. The summed E-state index contributed by atoms with van der Waals surface area (Å²) >= 11 is 5.07. The zero-order valence-corrected chi connectivity index (χ0v) is 18.5. The van der Waals surface area contributed by atoms with Gasteiger partial charge in [-0.05, 0) is 59.7 Å². The molecule has 2 amide bonds. The lowest BCUT2D eigenvalue weighted by Crippen LogP contribution is -2.49. The van der Waals surface area contributed by atoms with Gasteiger partial charge in [0.1, 0.15) is 11.5 Å². The van der Waals surface area contributed by atoms with E-state index in [1.54, 1.807) is 30.3 Å². The van der Waals surface area contributed by atoms with Crippen molar-refractivity contribution < 1.29 is 19.1 Å². The summed E-state index contributed by atoms with van der Waals surface area (Å²) in [6.07, 6.45) is 1.97. The Labute approximate surface area is 192 Å². The van der Waals surface area contributed by atoms with Crippen LogP contribution in [-0.2, 0) is 4.79 Å². The number of hydrogen-bond donors (Lipinski definition) is 3. The van der Waals surface area contributed by atoms with Gasteiger partial charge in [0.05, 0.1) is 6.61 Å². The maximum Gasteiger partial charge on any atom is 0.276 e. The Balaban J connectivity index is 1.42. The fourth-order valence-electron chi connectivity index (χ4n) is 2.84. The van der Waals surface area contributed by atoms with Gasteiger partial charge in [0, 0.05) is 5.56 Å². The maximum absolute atomic E-state index is 12.4. The van der Waals surface area contributed by atoms with Crippen LogP contribution in [0.5, 0.6) is 11.5 Å². The molecule has 0 saturated heterocycles. The smallest absolute Gasteiger partial charge is 0.276 e. The number of ether oxygens (including phenoxy) is 2. The second-order valence-electron chi connectivity index (χ2n) is 6.98. The van der Waals surface area contributed by atoms with Gasteiger partial charge in [-0.3, -0.25) is 25.8 Å². The van der Waals surface area contributed by atoms with E-state index in [9.17, 15) is 9.59 Å². The Morgan fingerprint density at radius 2 is 1.66 bits per heavy atom. The van der Waals surface area contributed by atoms with E-state index in [4.69, 9.17) is 21.7 Å². The number of amides is 2. The van der Waals surface area contributed by atoms with Gasteiger partial charge >= 0.3 is 0 Å². The van der Waals surface area contributed by atoms with Gasteiger partial charge in [-0.2, -0.15) is 0 Å². The molecule has 3 aromatic rings. The van der Waals surface area contributed by atoms with Crippen LogP contribution in [0.25, 0.3) is 10.8 Å². The Morgan fingerprint density at radius 1 is 0.875 bits per heavy atom. The van der Waals surface area contributed by atoms with Crippen molar-refractivity contribution in [2.75, 3.05) is 13.2 Å². The third-order valence-electron chi connectivity index (χ3n) is 4.50. The average Bonchev–Trinajstić information content (AvgIpc) is 2.81. The van der Waals surface area contributed by atoms with Crippen LogP contribution >= 0.6 is 12.2 Å². The summed E-state index contributed by atoms with van der Waals surface area (Å²) in [6.45, 7) is 2.46. The molecular weight excluding hydrogens is 426 g/mol. The normalized spacial score (nSPS) is 10.3. The van der Waals surface area contributed by atoms with Crippen LogP contribution in [0, 0.1) is 0 Å². The number of fused-ring (bicyclic) bond motifs is 1. The van der Waals surface area contributed by atoms with Crippen molar-refractivity contribution in [3.8, 4) is 11.5 Å². The first-order chi connectivity index (χ1) is 15.5. The molecule has 8 heteroatoms. The van der Waals surface area contributed by atoms with Crippen LogP contribution in [-0.4, -0.2) is 30.1 Å². The Morgan fingerprint density at radius 3 is 2.47 bits per heavy atom. The highest BCUT2D eigenvalue weighted by molar-refractivity contribution is 7.80. The van der Waals surface area contributed by atoms with Crippen molar-refractivity contribution in [2.45, 2.75) is 19.8 Å². The minimum Gasteiger partial charge on any atom is -0.494 e. The molecule has 3 aromatic carbocycles. The van der Waals surface area contributed by atoms with Crippen LogP contribution < -0.4 is 25.6 Å². The zero-order valence-electron chi connectivity index (χ0n) is 17.7. The molecule has 0 spiro atoms. The molecule has 0 aliphatic heterocycles. The van der Waals surface area contributed by atoms with Gasteiger partial charge in [0.25, 0.3) is 11.8 Å². The lowest BCUT2D eigenvalue weighted by Gasteiger charge is -2.12. The lowest BCUT2D eigenvalue weighted by atomic mass is 10.1. The quantitative estimate of drug-likeness (QED) is 0.275.